The van der Waals surface area contributed by atoms with Gasteiger partial charge in [-0.05, 0) is 35.5 Å². The van der Waals surface area contributed by atoms with Gasteiger partial charge in [0.25, 0.3) is 0 Å². The summed E-state index contributed by atoms with van der Waals surface area (Å²) < 4.78 is 53.8. The molecule has 3 nitrogen and oxygen atoms in total. The van der Waals surface area contributed by atoms with Gasteiger partial charge in [0.2, 0.25) is 0 Å². The minimum absolute atomic E-state index is 0.0396. The quantitative estimate of drug-likeness (QED) is 0.496. The fourth-order valence-electron chi connectivity index (χ4n) is 1.25. The Bertz CT molecular complexity index is 500. The highest BCUT2D eigenvalue weighted by atomic mass is 32.2. The molecule has 0 radical (unpaired) electrons. The monoisotopic (exact) mass is 310 g/mol. The molecule has 0 aliphatic rings. The number of aliphatic carboxylic acids is 1. The van der Waals surface area contributed by atoms with Crippen LogP contribution in [0.4, 0.5) is 17.6 Å². The van der Waals surface area contributed by atoms with E-state index in [2.05, 4.69) is 0 Å². The number of hydrogen-bond donors (Lipinski definition) is 1. The van der Waals surface area contributed by atoms with Crippen LogP contribution in [0.15, 0.2) is 24.3 Å². The van der Waals surface area contributed by atoms with Crippen molar-refractivity contribution in [1.29, 1.82) is 0 Å². The maximum Gasteiger partial charge on any atom is 0.441 e. The molecule has 110 valence electrons. The number of halogens is 4. The molecule has 0 saturated carbocycles. The molecule has 0 saturated heterocycles. The van der Waals surface area contributed by atoms with Gasteiger partial charge in [-0.3, -0.25) is 0 Å². The molecule has 0 heterocycles. The van der Waals surface area contributed by atoms with Crippen molar-refractivity contribution >= 4 is 23.8 Å². The highest BCUT2D eigenvalue weighted by Gasteiger charge is 2.27. The average molecular weight is 310 g/mol. The number of benzene rings is 1. The van der Waals surface area contributed by atoms with Crippen molar-refractivity contribution in [3.63, 3.8) is 0 Å². The Hall–Kier alpha value is -1.70. The van der Waals surface area contributed by atoms with Crippen molar-refractivity contribution < 1.29 is 32.2 Å². The van der Waals surface area contributed by atoms with Gasteiger partial charge in [0.15, 0.2) is 0 Å². The molecular weight excluding hydrogens is 300 g/mol. The standard InChI is InChI=1S/C12H10F4O3S/c13-9-5-8(1-2-11(17)18)6-10(7-9)19-3-4-20-12(14,15)16/h1-2,5-7H,3-4H2,(H,17,18)/b2-1+. The molecule has 1 aromatic carbocycles. The fraction of sp³-hybridized carbons (Fsp3) is 0.250. The molecule has 1 N–H and O–H groups in total. The van der Waals surface area contributed by atoms with Gasteiger partial charge in [0.1, 0.15) is 11.6 Å². The topological polar surface area (TPSA) is 46.5 Å². The summed E-state index contributed by atoms with van der Waals surface area (Å²) in [5.41, 5.74) is -4.09. The summed E-state index contributed by atoms with van der Waals surface area (Å²) in [6.07, 6.45) is 1.97. The molecule has 0 spiro atoms. The summed E-state index contributed by atoms with van der Waals surface area (Å²) >= 11 is -0.235. The number of ether oxygens (including phenoxy) is 1. The number of carboxylic acid groups (broad SMARTS) is 1. The van der Waals surface area contributed by atoms with Gasteiger partial charge in [0.05, 0.1) is 6.61 Å². The molecule has 0 bridgehead atoms. The normalized spacial score (nSPS) is 11.8. The van der Waals surface area contributed by atoms with Crippen LogP contribution in [0.3, 0.4) is 0 Å². The largest absolute Gasteiger partial charge is 0.493 e. The Labute approximate surface area is 116 Å². The van der Waals surface area contributed by atoms with Gasteiger partial charge in [-0.1, -0.05) is 0 Å². The Morgan fingerprint density at radius 1 is 1.35 bits per heavy atom. The molecule has 0 unspecified atom stereocenters. The van der Waals surface area contributed by atoms with Crippen LogP contribution in [0, 0.1) is 5.82 Å². The second-order valence-corrected chi connectivity index (χ2v) is 4.69. The van der Waals surface area contributed by atoms with Crippen LogP contribution in [0.25, 0.3) is 6.08 Å². The summed E-state index contributed by atoms with van der Waals surface area (Å²) in [5, 5.41) is 8.44. The lowest BCUT2D eigenvalue weighted by molar-refractivity contribution is -0.131. The lowest BCUT2D eigenvalue weighted by atomic mass is 10.2. The van der Waals surface area contributed by atoms with E-state index in [-0.39, 0.29) is 35.4 Å². The molecule has 1 rings (SSSR count). The summed E-state index contributed by atoms with van der Waals surface area (Å²) in [6, 6.07) is 3.42. The van der Waals surface area contributed by atoms with E-state index in [9.17, 15) is 22.4 Å². The summed E-state index contributed by atoms with van der Waals surface area (Å²) in [4.78, 5) is 10.3. The zero-order chi connectivity index (χ0) is 15.2. The third kappa shape index (κ3) is 7.03. The average Bonchev–Trinajstić information content (AvgIpc) is 2.30. The number of hydrogen-bond acceptors (Lipinski definition) is 3. The van der Waals surface area contributed by atoms with Gasteiger partial charge in [-0.2, -0.15) is 13.2 Å². The third-order valence-corrected chi connectivity index (χ3v) is 2.63. The molecule has 8 heteroatoms. The van der Waals surface area contributed by atoms with E-state index >= 15 is 0 Å². The van der Waals surface area contributed by atoms with E-state index < -0.39 is 17.3 Å². The first-order valence-electron chi connectivity index (χ1n) is 5.31. The lowest BCUT2D eigenvalue weighted by Gasteiger charge is -2.08. The second kappa shape index (κ2) is 7.18. The first-order valence-corrected chi connectivity index (χ1v) is 6.30. The van der Waals surface area contributed by atoms with Crippen molar-refractivity contribution in [3.05, 3.63) is 35.7 Å². The molecule has 0 aromatic heterocycles. The number of carbonyl (C=O) groups is 1. The van der Waals surface area contributed by atoms with Gasteiger partial charge < -0.3 is 9.84 Å². The van der Waals surface area contributed by atoms with Crippen molar-refractivity contribution in [3.8, 4) is 5.75 Å². The van der Waals surface area contributed by atoms with Crippen molar-refractivity contribution in [2.24, 2.45) is 0 Å². The van der Waals surface area contributed by atoms with E-state index in [1.54, 1.807) is 0 Å². The summed E-state index contributed by atoms with van der Waals surface area (Å²) in [5.74, 6) is -2.15. The predicted molar refractivity (Wildman–Crippen MR) is 67.1 cm³/mol. The highest BCUT2D eigenvalue weighted by Crippen LogP contribution is 2.29. The number of carboxylic acids is 1. The molecule has 0 amide bonds. The zero-order valence-electron chi connectivity index (χ0n) is 9.98. The summed E-state index contributed by atoms with van der Waals surface area (Å²) in [7, 11) is 0. The Morgan fingerprint density at radius 3 is 2.65 bits per heavy atom. The molecule has 0 aliphatic carbocycles. The molecular formula is C12H10F4O3S. The Morgan fingerprint density at radius 2 is 2.05 bits per heavy atom. The Kier molecular flexibility index (Phi) is 5.87. The van der Waals surface area contributed by atoms with Crippen LogP contribution in [-0.4, -0.2) is 28.9 Å². The summed E-state index contributed by atoms with van der Waals surface area (Å²) in [6.45, 7) is -0.240. The molecule has 0 atom stereocenters. The van der Waals surface area contributed by atoms with Gasteiger partial charge in [0, 0.05) is 17.9 Å². The lowest BCUT2D eigenvalue weighted by Crippen LogP contribution is -2.07. The van der Waals surface area contributed by atoms with E-state index in [4.69, 9.17) is 9.84 Å². The van der Waals surface area contributed by atoms with Gasteiger partial charge in [-0.25, -0.2) is 9.18 Å². The first-order chi connectivity index (χ1) is 9.26. The SMILES string of the molecule is O=C(O)/C=C/c1cc(F)cc(OCCSC(F)(F)F)c1. The molecule has 1 aromatic rings. The van der Waals surface area contributed by atoms with Gasteiger partial charge >= 0.3 is 11.5 Å². The van der Waals surface area contributed by atoms with E-state index in [1.165, 1.54) is 6.07 Å². The fourth-order valence-corrected chi connectivity index (χ4v) is 1.65. The van der Waals surface area contributed by atoms with Crippen molar-refractivity contribution in [2.75, 3.05) is 12.4 Å². The third-order valence-electron chi connectivity index (χ3n) is 1.93. The predicted octanol–water partition coefficient (Wildman–Crippen LogP) is 3.56. The molecule has 0 fully saturated rings. The number of alkyl halides is 3. The van der Waals surface area contributed by atoms with Crippen LogP contribution >= 0.6 is 11.8 Å². The maximum atomic E-state index is 13.2. The minimum Gasteiger partial charge on any atom is -0.493 e. The van der Waals surface area contributed by atoms with Crippen LogP contribution in [0.2, 0.25) is 0 Å². The number of thioether (sulfide) groups is 1. The van der Waals surface area contributed by atoms with Crippen LogP contribution in [-0.2, 0) is 4.79 Å². The molecule has 0 aliphatic heterocycles. The highest BCUT2D eigenvalue weighted by molar-refractivity contribution is 8.00. The minimum atomic E-state index is -4.33. The van der Waals surface area contributed by atoms with E-state index in [0.29, 0.717) is 0 Å². The van der Waals surface area contributed by atoms with Crippen LogP contribution in [0.1, 0.15) is 5.56 Å². The van der Waals surface area contributed by atoms with Crippen molar-refractivity contribution in [2.45, 2.75) is 5.51 Å². The van der Waals surface area contributed by atoms with Gasteiger partial charge in [-0.15, -0.1) is 0 Å². The molecule has 20 heavy (non-hydrogen) atoms. The smallest absolute Gasteiger partial charge is 0.441 e. The van der Waals surface area contributed by atoms with E-state index in [1.807, 2.05) is 0 Å². The second-order valence-electron chi connectivity index (χ2n) is 3.53. The number of rotatable bonds is 6. The van der Waals surface area contributed by atoms with E-state index in [0.717, 1.165) is 24.3 Å². The van der Waals surface area contributed by atoms with Crippen LogP contribution in [0.5, 0.6) is 5.75 Å². The van der Waals surface area contributed by atoms with Crippen molar-refractivity contribution in [1.82, 2.24) is 0 Å². The maximum absolute atomic E-state index is 13.2. The first kappa shape index (κ1) is 16.4. The zero-order valence-corrected chi connectivity index (χ0v) is 10.8. The Balaban J connectivity index is 2.60. The van der Waals surface area contributed by atoms with Crippen LogP contribution < -0.4 is 4.74 Å².